The molecule has 120 valence electrons. The fraction of sp³-hybridized carbons (Fsp3) is 0.429. The van der Waals surface area contributed by atoms with E-state index in [0.717, 1.165) is 12.1 Å². The third-order valence-electron chi connectivity index (χ3n) is 3.69. The fourth-order valence-corrected chi connectivity index (χ4v) is 2.51. The molecule has 0 spiro atoms. The Morgan fingerprint density at radius 2 is 1.95 bits per heavy atom. The highest BCUT2D eigenvalue weighted by molar-refractivity contribution is 5.89. The lowest BCUT2D eigenvalue weighted by Gasteiger charge is -2.33. The molecule has 2 rings (SSSR count). The third-order valence-corrected chi connectivity index (χ3v) is 3.69. The van der Waals surface area contributed by atoms with Gasteiger partial charge in [0.2, 0.25) is 0 Å². The molecular weight excluding hydrogens is 295 g/mol. The highest BCUT2D eigenvalue weighted by Crippen LogP contribution is 2.32. The summed E-state index contributed by atoms with van der Waals surface area (Å²) in [4.78, 5) is 5.83. The Kier molecular flexibility index (Phi) is 4.58. The molecule has 1 aliphatic rings. The molecule has 0 saturated carbocycles. The smallest absolute Gasteiger partial charge is 0.402 e. The second kappa shape index (κ2) is 6.25. The van der Waals surface area contributed by atoms with Gasteiger partial charge in [0.05, 0.1) is 5.56 Å². The van der Waals surface area contributed by atoms with E-state index in [1.165, 1.54) is 12.3 Å². The molecule has 1 aliphatic heterocycles. The predicted octanol–water partition coefficient (Wildman–Crippen LogP) is 2.10. The summed E-state index contributed by atoms with van der Waals surface area (Å²) in [7, 11) is 0. The molecule has 1 aromatic rings. The molecule has 22 heavy (non-hydrogen) atoms. The van der Waals surface area contributed by atoms with Gasteiger partial charge < -0.3 is 16.4 Å². The summed E-state index contributed by atoms with van der Waals surface area (Å²) in [6, 6.07) is 2.03. The Balaban J connectivity index is 2.05. The van der Waals surface area contributed by atoms with Crippen molar-refractivity contribution >= 4 is 11.7 Å². The molecule has 5 nitrogen and oxygen atoms in total. The Labute approximate surface area is 126 Å². The number of hydrogen-bond donors (Lipinski definition) is 3. The summed E-state index contributed by atoms with van der Waals surface area (Å²) >= 11 is 0. The number of amidine groups is 1. The summed E-state index contributed by atoms with van der Waals surface area (Å²) in [5.74, 6) is 0.313. The van der Waals surface area contributed by atoms with E-state index in [1.54, 1.807) is 0 Å². The monoisotopic (exact) mass is 313 g/mol. The van der Waals surface area contributed by atoms with Gasteiger partial charge in [-0.2, -0.15) is 13.2 Å². The number of piperidine rings is 1. The number of halogens is 3. The van der Waals surface area contributed by atoms with Crippen LogP contribution in [-0.4, -0.2) is 23.9 Å². The lowest BCUT2D eigenvalue weighted by Crippen LogP contribution is -2.36. The van der Waals surface area contributed by atoms with Crippen LogP contribution < -0.4 is 16.4 Å². The van der Waals surface area contributed by atoms with Crippen LogP contribution >= 0.6 is 0 Å². The number of allylic oxidation sites excluding steroid dienone is 1. The van der Waals surface area contributed by atoms with Crippen molar-refractivity contribution in [3.8, 4) is 0 Å². The van der Waals surface area contributed by atoms with Crippen molar-refractivity contribution in [1.82, 2.24) is 4.98 Å². The molecule has 8 heteroatoms. The van der Waals surface area contributed by atoms with E-state index >= 15 is 0 Å². The van der Waals surface area contributed by atoms with Crippen molar-refractivity contribution in [2.45, 2.75) is 19.0 Å². The van der Waals surface area contributed by atoms with Crippen LogP contribution in [0.25, 0.3) is 0 Å². The normalized spacial score (nSPS) is 17.6. The third kappa shape index (κ3) is 3.90. The highest BCUT2D eigenvalue weighted by atomic mass is 19.4. The quantitative estimate of drug-likeness (QED) is 0.588. The zero-order chi connectivity index (χ0) is 16.3. The van der Waals surface area contributed by atoms with Gasteiger partial charge in [-0.3, -0.25) is 5.41 Å². The van der Waals surface area contributed by atoms with Crippen molar-refractivity contribution in [3.63, 3.8) is 0 Å². The molecule has 0 bridgehead atoms. The molecule has 0 radical (unpaired) electrons. The standard InChI is InChI=1S/C14H18F3N5/c15-14(16,17)10-1-4-21-13(7-10)22-5-2-9(3-6-22)11(18)8-12(19)20/h1,4,7-9H,2-3,5-6,18H2,(H3,19,20). The van der Waals surface area contributed by atoms with Gasteiger partial charge >= 0.3 is 6.18 Å². The minimum atomic E-state index is -4.37. The molecule has 0 unspecified atom stereocenters. The summed E-state index contributed by atoms with van der Waals surface area (Å²) in [6.45, 7) is 1.12. The molecule has 5 N–H and O–H groups in total. The van der Waals surface area contributed by atoms with Gasteiger partial charge in [0, 0.05) is 30.9 Å². The van der Waals surface area contributed by atoms with E-state index in [4.69, 9.17) is 16.9 Å². The fourth-order valence-electron chi connectivity index (χ4n) is 2.51. The van der Waals surface area contributed by atoms with Crippen molar-refractivity contribution in [1.29, 1.82) is 5.41 Å². The highest BCUT2D eigenvalue weighted by Gasteiger charge is 2.31. The number of aromatic nitrogens is 1. The number of anilines is 1. The first kappa shape index (κ1) is 16.1. The SMILES string of the molecule is N=C(N)C=C(N)C1CCN(c2cc(C(F)(F)F)ccn2)CC1. The zero-order valence-electron chi connectivity index (χ0n) is 11.9. The molecule has 1 fully saturated rings. The van der Waals surface area contributed by atoms with Gasteiger partial charge in [-0.1, -0.05) is 0 Å². The minimum absolute atomic E-state index is 0.0888. The maximum Gasteiger partial charge on any atom is 0.416 e. The van der Waals surface area contributed by atoms with Crippen molar-refractivity contribution in [2.24, 2.45) is 17.4 Å². The second-order valence-electron chi connectivity index (χ2n) is 5.26. The summed E-state index contributed by atoms with van der Waals surface area (Å²) in [5.41, 5.74) is 11.0. The molecule has 2 heterocycles. The van der Waals surface area contributed by atoms with Crippen molar-refractivity contribution in [3.05, 3.63) is 35.7 Å². The topological polar surface area (TPSA) is 92.0 Å². The summed E-state index contributed by atoms with van der Waals surface area (Å²) < 4.78 is 38.2. The summed E-state index contributed by atoms with van der Waals surface area (Å²) in [5, 5.41) is 7.19. The minimum Gasteiger partial charge on any atom is -0.402 e. The number of nitrogens with two attached hydrogens (primary N) is 2. The van der Waals surface area contributed by atoms with Crippen molar-refractivity contribution < 1.29 is 13.2 Å². The van der Waals surface area contributed by atoms with Gasteiger partial charge in [-0.15, -0.1) is 0 Å². The van der Waals surface area contributed by atoms with Gasteiger partial charge in [-0.25, -0.2) is 4.98 Å². The first-order valence-corrected chi connectivity index (χ1v) is 6.86. The Morgan fingerprint density at radius 1 is 1.32 bits per heavy atom. The average molecular weight is 313 g/mol. The zero-order valence-corrected chi connectivity index (χ0v) is 11.9. The van der Waals surface area contributed by atoms with Gasteiger partial charge in [0.1, 0.15) is 11.7 Å². The van der Waals surface area contributed by atoms with Crippen LogP contribution in [0, 0.1) is 11.3 Å². The van der Waals surface area contributed by atoms with Crippen LogP contribution in [-0.2, 0) is 6.18 Å². The van der Waals surface area contributed by atoms with Crippen LogP contribution in [0.3, 0.4) is 0 Å². The van der Waals surface area contributed by atoms with E-state index in [9.17, 15) is 13.2 Å². The molecule has 0 amide bonds. The molecular formula is C14H18F3N5. The maximum absolute atomic E-state index is 12.7. The van der Waals surface area contributed by atoms with Crippen LogP contribution in [0.4, 0.5) is 19.0 Å². The first-order chi connectivity index (χ1) is 10.3. The van der Waals surface area contributed by atoms with Crippen LogP contribution in [0.15, 0.2) is 30.1 Å². The van der Waals surface area contributed by atoms with Crippen molar-refractivity contribution in [2.75, 3.05) is 18.0 Å². The van der Waals surface area contributed by atoms with E-state index in [-0.39, 0.29) is 11.8 Å². The molecule has 0 aliphatic carbocycles. The van der Waals surface area contributed by atoms with E-state index in [2.05, 4.69) is 4.98 Å². The molecule has 0 atom stereocenters. The molecule has 0 aromatic carbocycles. The van der Waals surface area contributed by atoms with Gasteiger partial charge in [0.15, 0.2) is 0 Å². The number of hydrogen-bond acceptors (Lipinski definition) is 4. The van der Waals surface area contributed by atoms with E-state index in [1.807, 2.05) is 4.90 Å². The van der Waals surface area contributed by atoms with Crippen LogP contribution in [0.5, 0.6) is 0 Å². The lowest BCUT2D eigenvalue weighted by atomic mass is 9.93. The van der Waals surface area contributed by atoms with Gasteiger partial charge in [-0.05, 0) is 31.1 Å². The average Bonchev–Trinajstić information content (AvgIpc) is 2.46. The number of nitrogens with one attached hydrogen (secondary N) is 1. The number of rotatable bonds is 3. The predicted molar refractivity (Wildman–Crippen MR) is 78.4 cm³/mol. The van der Waals surface area contributed by atoms with Crippen LogP contribution in [0.2, 0.25) is 0 Å². The Hall–Kier alpha value is -2.25. The Bertz CT molecular complexity index is 574. The number of nitrogens with zero attached hydrogens (tertiary/aromatic N) is 2. The molecule has 1 aromatic heterocycles. The second-order valence-corrected chi connectivity index (χ2v) is 5.26. The Morgan fingerprint density at radius 3 is 2.50 bits per heavy atom. The number of pyridine rings is 1. The van der Waals surface area contributed by atoms with E-state index in [0.29, 0.717) is 37.4 Å². The maximum atomic E-state index is 12.7. The van der Waals surface area contributed by atoms with Crippen LogP contribution in [0.1, 0.15) is 18.4 Å². The number of alkyl halides is 3. The van der Waals surface area contributed by atoms with Gasteiger partial charge in [0.25, 0.3) is 0 Å². The summed E-state index contributed by atoms with van der Waals surface area (Å²) in [6.07, 6.45) is -0.400. The van der Waals surface area contributed by atoms with E-state index < -0.39 is 11.7 Å². The first-order valence-electron chi connectivity index (χ1n) is 6.86. The largest absolute Gasteiger partial charge is 0.416 e. The molecule has 1 saturated heterocycles. The lowest BCUT2D eigenvalue weighted by molar-refractivity contribution is -0.137.